The molecule has 1 aromatic carbocycles. The third-order valence-corrected chi connectivity index (χ3v) is 9.16. The minimum atomic E-state index is -0.605. The highest BCUT2D eigenvalue weighted by atomic mass is 32.1. The van der Waals surface area contributed by atoms with Crippen LogP contribution in [0.3, 0.4) is 0 Å². The first-order valence-electron chi connectivity index (χ1n) is 14.4. The highest BCUT2D eigenvalue weighted by Crippen LogP contribution is 2.39. The van der Waals surface area contributed by atoms with Gasteiger partial charge in [-0.25, -0.2) is 4.79 Å². The number of ether oxygens (including phenoxy) is 1. The van der Waals surface area contributed by atoms with Crippen molar-refractivity contribution < 1.29 is 19.1 Å². The number of nitrogens with zero attached hydrogens (tertiary/aromatic N) is 2. The van der Waals surface area contributed by atoms with Gasteiger partial charge in [0.05, 0.1) is 5.56 Å². The SMILES string of the molecule is CC(=O)N1CCC(N(Cc2cccc(C(=O)Nc3sc4c(c3C(=O)OC(C)(C)C)CCCC4)c2)C2CC2)CC1. The lowest BCUT2D eigenvalue weighted by Crippen LogP contribution is -2.46. The molecule has 2 heterocycles. The number of anilines is 1. The molecule has 2 amide bonds. The van der Waals surface area contributed by atoms with Crippen molar-refractivity contribution in [2.24, 2.45) is 0 Å². The number of fused-ring (bicyclic) bond motifs is 1. The second kappa shape index (κ2) is 11.4. The van der Waals surface area contributed by atoms with Crippen molar-refractivity contribution in [3.8, 4) is 0 Å². The molecule has 2 aliphatic carbocycles. The zero-order valence-electron chi connectivity index (χ0n) is 23.7. The average molecular weight is 552 g/mol. The summed E-state index contributed by atoms with van der Waals surface area (Å²) in [6, 6.07) is 8.90. The monoisotopic (exact) mass is 551 g/mol. The topological polar surface area (TPSA) is 79.0 Å². The molecular weight excluding hydrogens is 510 g/mol. The third kappa shape index (κ3) is 6.72. The van der Waals surface area contributed by atoms with Crippen molar-refractivity contribution in [3.05, 3.63) is 51.4 Å². The molecule has 0 bridgehead atoms. The standard InChI is InChI=1S/C31H41N3O4S/c1-20(35)33-16-14-24(15-17-33)34(23-12-13-23)19-21-8-7-9-22(18-21)28(36)32-29-27(30(37)38-31(2,3)4)25-10-5-6-11-26(25)39-29/h7-9,18,23-24H,5-6,10-17,19H2,1-4H3,(H,32,36). The smallest absolute Gasteiger partial charge is 0.341 e. The van der Waals surface area contributed by atoms with E-state index in [0.29, 0.717) is 28.2 Å². The number of carbonyl (C=O) groups is 3. The maximum absolute atomic E-state index is 13.5. The van der Waals surface area contributed by atoms with Gasteiger partial charge in [0.15, 0.2) is 0 Å². The largest absolute Gasteiger partial charge is 0.456 e. The van der Waals surface area contributed by atoms with E-state index in [2.05, 4.69) is 16.3 Å². The predicted octanol–water partition coefficient (Wildman–Crippen LogP) is 5.81. The molecule has 210 valence electrons. The van der Waals surface area contributed by atoms with Gasteiger partial charge in [-0.2, -0.15) is 0 Å². The van der Waals surface area contributed by atoms with Crippen LogP contribution in [0.25, 0.3) is 0 Å². The lowest BCUT2D eigenvalue weighted by Gasteiger charge is -2.38. The number of benzene rings is 1. The van der Waals surface area contributed by atoms with Gasteiger partial charge in [-0.05, 0) is 95.4 Å². The molecule has 3 aliphatic rings. The number of hydrogen-bond acceptors (Lipinski definition) is 6. The molecule has 39 heavy (non-hydrogen) atoms. The van der Waals surface area contributed by atoms with E-state index in [4.69, 9.17) is 4.74 Å². The Morgan fingerprint density at radius 2 is 1.74 bits per heavy atom. The van der Waals surface area contributed by atoms with Crippen molar-refractivity contribution in [1.82, 2.24) is 9.80 Å². The summed E-state index contributed by atoms with van der Waals surface area (Å²) in [6.07, 6.45) is 8.33. The first kappa shape index (κ1) is 27.8. The number of thiophene rings is 1. The molecular formula is C31H41N3O4S. The van der Waals surface area contributed by atoms with Gasteiger partial charge in [0.25, 0.3) is 5.91 Å². The summed E-state index contributed by atoms with van der Waals surface area (Å²) in [4.78, 5) is 44.1. The van der Waals surface area contributed by atoms with Crippen LogP contribution in [-0.2, 0) is 28.9 Å². The molecule has 8 heteroatoms. The molecule has 0 unspecified atom stereocenters. The van der Waals surface area contributed by atoms with Crippen molar-refractivity contribution >= 4 is 34.1 Å². The second-order valence-electron chi connectivity index (χ2n) is 12.2. The van der Waals surface area contributed by atoms with Gasteiger partial charge >= 0.3 is 5.97 Å². The van der Waals surface area contributed by atoms with Gasteiger partial charge in [-0.15, -0.1) is 11.3 Å². The van der Waals surface area contributed by atoms with E-state index in [0.717, 1.165) is 69.3 Å². The van der Waals surface area contributed by atoms with E-state index < -0.39 is 5.60 Å². The predicted molar refractivity (Wildman–Crippen MR) is 154 cm³/mol. The van der Waals surface area contributed by atoms with Crippen molar-refractivity contribution in [1.29, 1.82) is 0 Å². The summed E-state index contributed by atoms with van der Waals surface area (Å²) in [5.74, 6) is -0.401. The number of likely N-dealkylation sites (tertiary alicyclic amines) is 1. The third-order valence-electron chi connectivity index (χ3n) is 7.95. The van der Waals surface area contributed by atoms with E-state index in [9.17, 15) is 14.4 Å². The lowest BCUT2D eigenvalue weighted by atomic mass is 9.95. The zero-order chi connectivity index (χ0) is 27.7. The normalized spacial score (nSPS) is 18.1. The van der Waals surface area contributed by atoms with Crippen molar-refractivity contribution in [2.75, 3.05) is 18.4 Å². The van der Waals surface area contributed by atoms with Crippen LogP contribution in [-0.4, -0.2) is 58.4 Å². The van der Waals surface area contributed by atoms with Gasteiger partial charge in [0.1, 0.15) is 10.6 Å². The molecule has 7 nitrogen and oxygen atoms in total. The van der Waals surface area contributed by atoms with Gasteiger partial charge < -0.3 is 15.0 Å². The molecule has 1 saturated heterocycles. The van der Waals surface area contributed by atoms with Crippen LogP contribution in [0.5, 0.6) is 0 Å². The van der Waals surface area contributed by atoms with E-state index in [1.54, 1.807) is 6.92 Å². The van der Waals surface area contributed by atoms with Crippen molar-refractivity contribution in [2.45, 2.75) is 103 Å². The van der Waals surface area contributed by atoms with E-state index >= 15 is 0 Å². The summed E-state index contributed by atoms with van der Waals surface area (Å²) < 4.78 is 5.73. The maximum atomic E-state index is 13.5. The molecule has 0 atom stereocenters. The number of nitrogens with one attached hydrogen (secondary N) is 1. The fourth-order valence-corrected chi connectivity index (χ4v) is 7.14. The number of carbonyl (C=O) groups excluding carboxylic acids is 3. The summed E-state index contributed by atoms with van der Waals surface area (Å²) in [5.41, 5.74) is 2.68. The Balaban J connectivity index is 1.31. The molecule has 0 spiro atoms. The lowest BCUT2D eigenvalue weighted by molar-refractivity contribution is -0.130. The molecule has 1 aliphatic heterocycles. The number of rotatable bonds is 7. The molecule has 1 N–H and O–H groups in total. The molecule has 1 aromatic heterocycles. The fraction of sp³-hybridized carbons (Fsp3) is 0.581. The Hall–Kier alpha value is -2.71. The highest BCUT2D eigenvalue weighted by Gasteiger charge is 2.36. The quantitative estimate of drug-likeness (QED) is 0.440. The molecule has 5 rings (SSSR count). The van der Waals surface area contributed by atoms with Crippen LogP contribution in [0.15, 0.2) is 24.3 Å². The summed E-state index contributed by atoms with van der Waals surface area (Å²) in [5, 5.41) is 3.67. The Bertz CT molecular complexity index is 1230. The summed E-state index contributed by atoms with van der Waals surface area (Å²) in [7, 11) is 0. The maximum Gasteiger partial charge on any atom is 0.341 e. The minimum Gasteiger partial charge on any atom is -0.456 e. The van der Waals surface area contributed by atoms with Crippen LogP contribution in [0, 0.1) is 0 Å². The Kier molecular flexibility index (Phi) is 8.15. The van der Waals surface area contributed by atoms with Crippen LogP contribution < -0.4 is 5.32 Å². The number of amides is 2. The number of esters is 1. The molecule has 2 fully saturated rings. The zero-order valence-corrected chi connectivity index (χ0v) is 24.5. The van der Waals surface area contributed by atoms with Crippen LogP contribution in [0.1, 0.15) is 103 Å². The number of aryl methyl sites for hydroxylation is 1. The molecule has 1 saturated carbocycles. The van der Waals surface area contributed by atoms with Crippen LogP contribution in [0.2, 0.25) is 0 Å². The first-order chi connectivity index (χ1) is 18.6. The van der Waals surface area contributed by atoms with E-state index in [1.807, 2.05) is 43.9 Å². The summed E-state index contributed by atoms with van der Waals surface area (Å²) in [6.45, 7) is 9.68. The Labute approximate surface area is 235 Å². The van der Waals surface area contributed by atoms with Gasteiger partial charge in [-0.3, -0.25) is 14.5 Å². The minimum absolute atomic E-state index is 0.159. The van der Waals surface area contributed by atoms with Gasteiger partial charge in [-0.1, -0.05) is 12.1 Å². The van der Waals surface area contributed by atoms with Crippen LogP contribution in [0.4, 0.5) is 5.00 Å². The number of hydrogen-bond donors (Lipinski definition) is 1. The molecule has 2 aromatic rings. The van der Waals surface area contributed by atoms with E-state index in [1.165, 1.54) is 29.1 Å². The van der Waals surface area contributed by atoms with Crippen molar-refractivity contribution in [3.63, 3.8) is 0 Å². The average Bonchev–Trinajstić information content (AvgIpc) is 3.66. The Morgan fingerprint density at radius 3 is 2.41 bits per heavy atom. The highest BCUT2D eigenvalue weighted by molar-refractivity contribution is 7.17. The Morgan fingerprint density at radius 1 is 1.05 bits per heavy atom. The summed E-state index contributed by atoms with van der Waals surface area (Å²) >= 11 is 1.52. The van der Waals surface area contributed by atoms with Crippen LogP contribution >= 0.6 is 11.3 Å². The van der Waals surface area contributed by atoms with Gasteiger partial charge in [0, 0.05) is 49.1 Å². The second-order valence-corrected chi connectivity index (χ2v) is 13.3. The van der Waals surface area contributed by atoms with Gasteiger partial charge in [0.2, 0.25) is 5.91 Å². The van der Waals surface area contributed by atoms with E-state index in [-0.39, 0.29) is 17.8 Å². The molecule has 0 radical (unpaired) electrons. The fourth-order valence-electron chi connectivity index (χ4n) is 5.87. The number of piperidine rings is 1. The first-order valence-corrected chi connectivity index (χ1v) is 15.2.